The molecule has 0 aliphatic rings. The van der Waals surface area contributed by atoms with Crippen molar-refractivity contribution < 1.29 is 14.7 Å². The highest BCUT2D eigenvalue weighted by Crippen LogP contribution is 2.16. The maximum atomic E-state index is 12.5. The van der Waals surface area contributed by atoms with E-state index in [2.05, 4.69) is 13.8 Å². The van der Waals surface area contributed by atoms with Crippen LogP contribution in [0.2, 0.25) is 0 Å². The van der Waals surface area contributed by atoms with Crippen LogP contribution in [0.15, 0.2) is 0 Å². The molecule has 0 saturated carbocycles. The van der Waals surface area contributed by atoms with Gasteiger partial charge in [-0.25, -0.2) is 0 Å². The first kappa shape index (κ1) is 40.1. The van der Waals surface area contributed by atoms with Gasteiger partial charge in [0.1, 0.15) is 6.73 Å². The number of unbranched alkanes of at least 4 members (excludes halogenated alkanes) is 28. The molecule has 0 fully saturated rings. The number of aliphatic hydroxyl groups is 1. The molecule has 0 spiro atoms. The van der Waals surface area contributed by atoms with Crippen LogP contribution < -0.4 is 0 Å². The van der Waals surface area contributed by atoms with Gasteiger partial charge < -0.3 is 5.11 Å². The fraction of sp³-hybridized carbons (Fsp3) is 0.946. The van der Waals surface area contributed by atoms with E-state index in [1.54, 1.807) is 0 Å². The van der Waals surface area contributed by atoms with E-state index in [4.69, 9.17) is 0 Å². The summed E-state index contributed by atoms with van der Waals surface area (Å²) in [6, 6.07) is 0. The fourth-order valence-corrected chi connectivity index (χ4v) is 5.86. The minimum absolute atomic E-state index is 0.201. The van der Waals surface area contributed by atoms with Gasteiger partial charge in [-0.2, -0.15) is 0 Å². The van der Waals surface area contributed by atoms with Crippen LogP contribution in [-0.2, 0) is 9.59 Å². The zero-order valence-corrected chi connectivity index (χ0v) is 28.0. The monoisotopic (exact) mass is 580 g/mol. The summed E-state index contributed by atoms with van der Waals surface area (Å²) in [5.74, 6) is -0.402. The molecule has 244 valence electrons. The van der Waals surface area contributed by atoms with Crippen LogP contribution in [0.25, 0.3) is 0 Å². The van der Waals surface area contributed by atoms with Crippen molar-refractivity contribution in [3.05, 3.63) is 0 Å². The first-order valence-electron chi connectivity index (χ1n) is 18.6. The molecule has 0 saturated heterocycles. The summed E-state index contributed by atoms with van der Waals surface area (Å²) in [6.07, 6.45) is 39.6. The summed E-state index contributed by atoms with van der Waals surface area (Å²) in [5, 5.41) is 9.60. The van der Waals surface area contributed by atoms with Crippen molar-refractivity contribution in [3.63, 3.8) is 0 Å². The molecule has 0 unspecified atom stereocenters. The fourth-order valence-electron chi connectivity index (χ4n) is 5.86. The molecule has 0 bridgehead atoms. The molecular formula is C37H73NO3. The van der Waals surface area contributed by atoms with E-state index in [1.165, 1.54) is 154 Å². The van der Waals surface area contributed by atoms with Crippen LogP contribution in [0.3, 0.4) is 0 Å². The first-order chi connectivity index (χ1) is 20.2. The predicted octanol–water partition coefficient (Wildman–Crippen LogP) is 11.8. The van der Waals surface area contributed by atoms with Crippen molar-refractivity contribution in [3.8, 4) is 0 Å². The van der Waals surface area contributed by atoms with Crippen LogP contribution in [0.1, 0.15) is 219 Å². The van der Waals surface area contributed by atoms with Crippen LogP contribution >= 0.6 is 0 Å². The molecule has 0 heterocycles. The molecule has 0 rings (SSSR count). The van der Waals surface area contributed by atoms with Gasteiger partial charge in [-0.1, -0.05) is 194 Å². The number of hydrogen-bond acceptors (Lipinski definition) is 3. The zero-order chi connectivity index (χ0) is 30.1. The Morgan fingerprint density at radius 2 is 0.561 bits per heavy atom. The number of carbonyl (C=O) groups is 2. The van der Waals surface area contributed by atoms with Gasteiger partial charge >= 0.3 is 0 Å². The Morgan fingerprint density at radius 1 is 0.366 bits per heavy atom. The Kier molecular flexibility index (Phi) is 32.9. The van der Waals surface area contributed by atoms with Gasteiger partial charge in [-0.3, -0.25) is 14.5 Å². The maximum absolute atomic E-state index is 12.5. The van der Waals surface area contributed by atoms with Crippen LogP contribution in [0.4, 0.5) is 0 Å². The number of amides is 2. The van der Waals surface area contributed by atoms with Crippen LogP contribution in [-0.4, -0.2) is 28.6 Å². The first-order valence-corrected chi connectivity index (χ1v) is 18.6. The largest absolute Gasteiger partial charge is 0.376 e. The molecular weight excluding hydrogens is 506 g/mol. The van der Waals surface area contributed by atoms with Crippen molar-refractivity contribution in [1.29, 1.82) is 0 Å². The minimum atomic E-state index is -0.477. The Labute approximate surface area is 257 Å². The van der Waals surface area contributed by atoms with Gasteiger partial charge in [-0.15, -0.1) is 0 Å². The lowest BCUT2D eigenvalue weighted by atomic mass is 10.0. The highest BCUT2D eigenvalue weighted by molar-refractivity contribution is 5.95. The van der Waals surface area contributed by atoms with Gasteiger partial charge in [0.2, 0.25) is 11.8 Å². The standard InChI is InChI=1S/C37H73NO3/c1-3-5-7-9-11-13-15-17-19-21-23-25-27-29-31-33-36(40)38(35-39)37(41)34-32-30-28-26-24-22-20-18-16-14-12-10-8-6-4-2/h39H,3-35H2,1-2H3. The number of rotatable bonds is 33. The van der Waals surface area contributed by atoms with Gasteiger partial charge in [-0.05, 0) is 12.8 Å². The molecule has 4 nitrogen and oxygen atoms in total. The lowest BCUT2D eigenvalue weighted by molar-refractivity contribution is -0.149. The number of aliphatic hydroxyl groups excluding tert-OH is 1. The molecule has 41 heavy (non-hydrogen) atoms. The van der Waals surface area contributed by atoms with E-state index < -0.39 is 6.73 Å². The van der Waals surface area contributed by atoms with E-state index in [-0.39, 0.29) is 11.8 Å². The topological polar surface area (TPSA) is 57.6 Å². The molecule has 0 radical (unpaired) electrons. The summed E-state index contributed by atoms with van der Waals surface area (Å²) >= 11 is 0. The van der Waals surface area contributed by atoms with E-state index in [9.17, 15) is 14.7 Å². The van der Waals surface area contributed by atoms with Gasteiger partial charge in [0.15, 0.2) is 0 Å². The van der Waals surface area contributed by atoms with Crippen LogP contribution in [0, 0.1) is 0 Å². The third kappa shape index (κ3) is 29.0. The minimum Gasteiger partial charge on any atom is -0.376 e. The molecule has 0 aromatic carbocycles. The summed E-state index contributed by atoms with van der Waals surface area (Å²) in [7, 11) is 0. The molecule has 0 aliphatic carbocycles. The molecule has 0 aromatic rings. The quantitative estimate of drug-likeness (QED) is 0.0621. The average Bonchev–Trinajstić information content (AvgIpc) is 2.97. The third-order valence-electron chi connectivity index (χ3n) is 8.73. The van der Waals surface area contributed by atoms with E-state index >= 15 is 0 Å². The summed E-state index contributed by atoms with van der Waals surface area (Å²) < 4.78 is 0. The maximum Gasteiger partial charge on any atom is 0.231 e. The second-order valence-electron chi connectivity index (χ2n) is 12.8. The van der Waals surface area contributed by atoms with Crippen LogP contribution in [0.5, 0.6) is 0 Å². The normalized spacial score (nSPS) is 11.3. The Balaban J connectivity index is 3.53. The molecule has 2 amide bonds. The molecule has 0 atom stereocenters. The SMILES string of the molecule is CCCCCCCCCCCCCCCCCC(=O)N(CO)C(=O)CCCCCCCCCCCCCCCCC. The Hall–Kier alpha value is -0.900. The Bertz CT molecular complexity index is 504. The third-order valence-corrected chi connectivity index (χ3v) is 8.73. The molecule has 4 heteroatoms. The van der Waals surface area contributed by atoms with Gasteiger partial charge in [0, 0.05) is 12.8 Å². The second kappa shape index (κ2) is 33.6. The smallest absolute Gasteiger partial charge is 0.231 e. The lowest BCUT2D eigenvalue weighted by Gasteiger charge is -2.18. The average molecular weight is 580 g/mol. The highest BCUT2D eigenvalue weighted by Gasteiger charge is 2.19. The molecule has 0 aromatic heterocycles. The number of carbonyl (C=O) groups excluding carboxylic acids is 2. The zero-order valence-electron chi connectivity index (χ0n) is 28.0. The molecule has 0 aliphatic heterocycles. The summed E-state index contributed by atoms with van der Waals surface area (Å²) in [5.41, 5.74) is 0. The van der Waals surface area contributed by atoms with Crippen molar-refractivity contribution in [2.75, 3.05) is 6.73 Å². The predicted molar refractivity (Wildman–Crippen MR) is 178 cm³/mol. The second-order valence-corrected chi connectivity index (χ2v) is 12.8. The lowest BCUT2D eigenvalue weighted by Crippen LogP contribution is -2.37. The summed E-state index contributed by atoms with van der Waals surface area (Å²) in [6.45, 7) is 4.07. The number of imide groups is 1. The molecule has 1 N–H and O–H groups in total. The number of nitrogens with zero attached hydrogens (tertiary/aromatic N) is 1. The van der Waals surface area contributed by atoms with Crippen molar-refractivity contribution in [2.45, 2.75) is 219 Å². The number of hydrogen-bond donors (Lipinski definition) is 1. The van der Waals surface area contributed by atoms with E-state index in [1.807, 2.05) is 0 Å². The summed E-state index contributed by atoms with van der Waals surface area (Å²) in [4.78, 5) is 26.0. The Morgan fingerprint density at radius 3 is 0.756 bits per heavy atom. The van der Waals surface area contributed by atoms with Crippen molar-refractivity contribution in [2.24, 2.45) is 0 Å². The van der Waals surface area contributed by atoms with Gasteiger partial charge in [0.25, 0.3) is 0 Å². The highest BCUT2D eigenvalue weighted by atomic mass is 16.3. The van der Waals surface area contributed by atoms with E-state index in [0.717, 1.165) is 43.4 Å². The van der Waals surface area contributed by atoms with Crippen molar-refractivity contribution >= 4 is 11.8 Å². The van der Waals surface area contributed by atoms with Gasteiger partial charge in [0.05, 0.1) is 0 Å². The van der Waals surface area contributed by atoms with Crippen molar-refractivity contribution in [1.82, 2.24) is 4.90 Å². The van der Waals surface area contributed by atoms with E-state index in [0.29, 0.717) is 12.8 Å².